The van der Waals surface area contributed by atoms with Crippen LogP contribution in [0.1, 0.15) is 12.5 Å². The number of aliphatic hydroxyl groups is 1. The summed E-state index contributed by atoms with van der Waals surface area (Å²) in [5, 5.41) is 21.8. The topological polar surface area (TPSA) is 92.5 Å². The molecule has 1 aromatic rings. The van der Waals surface area contributed by atoms with Gasteiger partial charge in [0.1, 0.15) is 0 Å². The van der Waals surface area contributed by atoms with Crippen molar-refractivity contribution in [1.29, 1.82) is 0 Å². The molecule has 17 heavy (non-hydrogen) atoms. The Morgan fingerprint density at radius 1 is 1.47 bits per heavy atom. The lowest BCUT2D eigenvalue weighted by Crippen LogP contribution is -2.35. The molecule has 0 saturated heterocycles. The second kappa shape index (κ2) is 5.95. The Hall–Kier alpha value is -1.95. The number of benzene rings is 1. The van der Waals surface area contributed by atoms with Gasteiger partial charge < -0.3 is 10.4 Å². The summed E-state index contributed by atoms with van der Waals surface area (Å²) in [5.74, 6) is -0.222. The van der Waals surface area contributed by atoms with Crippen LogP contribution in [-0.2, 0) is 11.2 Å². The van der Waals surface area contributed by atoms with Gasteiger partial charge in [0.2, 0.25) is 5.91 Å². The number of nitro groups is 1. The molecule has 0 heterocycles. The molecule has 1 rings (SSSR count). The molecule has 1 atom stereocenters. The molecule has 0 bridgehead atoms. The minimum Gasteiger partial charge on any atom is -0.394 e. The Morgan fingerprint density at radius 2 is 2.06 bits per heavy atom. The van der Waals surface area contributed by atoms with Crippen molar-refractivity contribution in [3.63, 3.8) is 0 Å². The van der Waals surface area contributed by atoms with E-state index in [4.69, 9.17) is 5.11 Å². The number of carbonyl (C=O) groups excluding carboxylic acids is 1. The van der Waals surface area contributed by atoms with Gasteiger partial charge in [0, 0.05) is 18.2 Å². The fourth-order valence-electron chi connectivity index (χ4n) is 1.29. The Kier molecular flexibility index (Phi) is 4.59. The number of nitrogens with zero attached hydrogens (tertiary/aromatic N) is 1. The number of hydrogen-bond acceptors (Lipinski definition) is 4. The smallest absolute Gasteiger partial charge is 0.269 e. The van der Waals surface area contributed by atoms with Crippen molar-refractivity contribution in [3.8, 4) is 0 Å². The van der Waals surface area contributed by atoms with Crippen LogP contribution < -0.4 is 5.32 Å². The normalized spacial score (nSPS) is 11.9. The van der Waals surface area contributed by atoms with Crippen molar-refractivity contribution in [2.45, 2.75) is 19.4 Å². The van der Waals surface area contributed by atoms with Gasteiger partial charge in [-0.1, -0.05) is 12.1 Å². The summed E-state index contributed by atoms with van der Waals surface area (Å²) in [4.78, 5) is 21.4. The van der Waals surface area contributed by atoms with Gasteiger partial charge in [-0.2, -0.15) is 0 Å². The number of non-ortho nitro benzene ring substituents is 1. The van der Waals surface area contributed by atoms with E-state index in [-0.39, 0.29) is 30.7 Å². The van der Waals surface area contributed by atoms with Gasteiger partial charge in [-0.15, -0.1) is 0 Å². The van der Waals surface area contributed by atoms with Crippen molar-refractivity contribution < 1.29 is 14.8 Å². The molecular formula is C11H14N2O4. The highest BCUT2D eigenvalue weighted by Gasteiger charge is 2.09. The molecule has 0 unspecified atom stereocenters. The average molecular weight is 238 g/mol. The van der Waals surface area contributed by atoms with E-state index in [2.05, 4.69) is 5.32 Å². The predicted octanol–water partition coefficient (Wildman–Crippen LogP) is 0.634. The first-order valence-electron chi connectivity index (χ1n) is 5.16. The number of carbonyl (C=O) groups is 1. The van der Waals surface area contributed by atoms with Crippen molar-refractivity contribution in [1.82, 2.24) is 5.32 Å². The fourth-order valence-corrected chi connectivity index (χ4v) is 1.29. The van der Waals surface area contributed by atoms with Crippen LogP contribution in [0.5, 0.6) is 0 Å². The van der Waals surface area contributed by atoms with Crippen LogP contribution in [0.25, 0.3) is 0 Å². The Balaban J connectivity index is 2.57. The zero-order valence-electron chi connectivity index (χ0n) is 9.42. The van der Waals surface area contributed by atoms with Gasteiger partial charge in [0.15, 0.2) is 0 Å². The lowest BCUT2D eigenvalue weighted by molar-refractivity contribution is -0.384. The largest absolute Gasteiger partial charge is 0.394 e. The van der Waals surface area contributed by atoms with Gasteiger partial charge in [-0.05, 0) is 12.5 Å². The molecule has 0 aliphatic rings. The van der Waals surface area contributed by atoms with Crippen molar-refractivity contribution in [3.05, 3.63) is 39.9 Å². The summed E-state index contributed by atoms with van der Waals surface area (Å²) >= 11 is 0. The van der Waals surface area contributed by atoms with Crippen LogP contribution in [0.2, 0.25) is 0 Å². The van der Waals surface area contributed by atoms with Crippen LogP contribution in [0.4, 0.5) is 5.69 Å². The first-order valence-corrected chi connectivity index (χ1v) is 5.16. The van der Waals surface area contributed by atoms with E-state index in [1.54, 1.807) is 19.1 Å². The van der Waals surface area contributed by atoms with Gasteiger partial charge in [-0.3, -0.25) is 14.9 Å². The number of nitro benzene ring substituents is 1. The van der Waals surface area contributed by atoms with Crippen molar-refractivity contribution in [2.24, 2.45) is 0 Å². The lowest BCUT2D eigenvalue weighted by atomic mass is 10.1. The van der Waals surface area contributed by atoms with Crippen LogP contribution in [0, 0.1) is 10.1 Å². The van der Waals surface area contributed by atoms with E-state index in [9.17, 15) is 14.9 Å². The molecule has 6 nitrogen and oxygen atoms in total. The third kappa shape index (κ3) is 4.20. The zero-order chi connectivity index (χ0) is 12.8. The predicted molar refractivity (Wildman–Crippen MR) is 61.5 cm³/mol. The first-order chi connectivity index (χ1) is 8.02. The lowest BCUT2D eigenvalue weighted by Gasteiger charge is -2.10. The van der Waals surface area contributed by atoms with Crippen LogP contribution in [-0.4, -0.2) is 28.6 Å². The van der Waals surface area contributed by atoms with Gasteiger partial charge >= 0.3 is 0 Å². The van der Waals surface area contributed by atoms with Crippen LogP contribution in [0.15, 0.2) is 24.3 Å². The van der Waals surface area contributed by atoms with Gasteiger partial charge in [0.25, 0.3) is 5.69 Å². The Morgan fingerprint density at radius 3 is 2.53 bits per heavy atom. The summed E-state index contributed by atoms with van der Waals surface area (Å²) in [7, 11) is 0. The highest BCUT2D eigenvalue weighted by Crippen LogP contribution is 2.12. The Bertz CT molecular complexity index is 402. The standard InChI is InChI=1S/C11H14N2O4/c1-8(7-14)12-11(15)6-9-2-4-10(5-3-9)13(16)17/h2-5,8,14H,6-7H2,1H3,(H,12,15)/t8-/m1/s1. The molecule has 0 spiro atoms. The minimum atomic E-state index is -0.488. The first kappa shape index (κ1) is 13.1. The number of rotatable bonds is 5. The molecule has 0 aromatic heterocycles. The number of hydrogen-bond donors (Lipinski definition) is 2. The summed E-state index contributed by atoms with van der Waals surface area (Å²) in [6.07, 6.45) is 0.141. The van der Waals surface area contributed by atoms with E-state index in [0.717, 1.165) is 0 Å². The minimum absolute atomic E-state index is 0.00196. The van der Waals surface area contributed by atoms with Gasteiger partial charge in [-0.25, -0.2) is 0 Å². The van der Waals surface area contributed by atoms with E-state index in [0.29, 0.717) is 5.56 Å². The third-order valence-electron chi connectivity index (χ3n) is 2.19. The summed E-state index contributed by atoms with van der Waals surface area (Å²) in [6.45, 7) is 1.57. The molecule has 92 valence electrons. The summed E-state index contributed by atoms with van der Waals surface area (Å²) < 4.78 is 0. The zero-order valence-corrected chi connectivity index (χ0v) is 9.42. The maximum Gasteiger partial charge on any atom is 0.269 e. The van der Waals surface area contributed by atoms with E-state index in [1.807, 2.05) is 0 Å². The van der Waals surface area contributed by atoms with Crippen molar-refractivity contribution in [2.75, 3.05) is 6.61 Å². The van der Waals surface area contributed by atoms with Crippen LogP contribution in [0.3, 0.4) is 0 Å². The quantitative estimate of drug-likeness (QED) is 0.581. The number of aliphatic hydroxyl groups excluding tert-OH is 1. The Labute approximate surface area is 98.4 Å². The molecule has 6 heteroatoms. The molecule has 2 N–H and O–H groups in total. The average Bonchev–Trinajstić information content (AvgIpc) is 2.29. The fraction of sp³-hybridized carbons (Fsp3) is 0.364. The van der Waals surface area contributed by atoms with Crippen molar-refractivity contribution >= 4 is 11.6 Å². The second-order valence-corrected chi connectivity index (χ2v) is 3.75. The molecule has 1 aromatic carbocycles. The monoisotopic (exact) mass is 238 g/mol. The van der Waals surface area contributed by atoms with E-state index in [1.165, 1.54) is 12.1 Å². The maximum absolute atomic E-state index is 11.4. The molecular weight excluding hydrogens is 224 g/mol. The molecule has 0 aliphatic carbocycles. The molecule has 0 fully saturated rings. The second-order valence-electron chi connectivity index (χ2n) is 3.75. The molecule has 0 saturated carbocycles. The number of nitrogens with one attached hydrogen (secondary N) is 1. The highest BCUT2D eigenvalue weighted by atomic mass is 16.6. The van der Waals surface area contributed by atoms with E-state index < -0.39 is 4.92 Å². The van der Waals surface area contributed by atoms with Crippen LogP contribution >= 0.6 is 0 Å². The SMILES string of the molecule is C[C@H](CO)NC(=O)Cc1ccc([N+](=O)[O-])cc1. The maximum atomic E-state index is 11.4. The van der Waals surface area contributed by atoms with Gasteiger partial charge in [0.05, 0.1) is 18.0 Å². The molecule has 0 aliphatic heterocycles. The highest BCUT2D eigenvalue weighted by molar-refractivity contribution is 5.78. The summed E-state index contributed by atoms with van der Waals surface area (Å²) in [5.41, 5.74) is 0.691. The third-order valence-corrected chi connectivity index (χ3v) is 2.19. The summed E-state index contributed by atoms with van der Waals surface area (Å²) in [6, 6.07) is 5.51. The molecule has 1 amide bonds. The molecule has 0 radical (unpaired) electrons. The number of amides is 1. The van der Waals surface area contributed by atoms with E-state index >= 15 is 0 Å².